The van der Waals surface area contributed by atoms with Gasteiger partial charge in [0.15, 0.2) is 0 Å². The third-order valence-corrected chi connectivity index (χ3v) is 3.98. The fourth-order valence-corrected chi connectivity index (χ4v) is 2.86. The van der Waals surface area contributed by atoms with Crippen LogP contribution in [0.2, 0.25) is 0 Å². The zero-order valence-corrected chi connectivity index (χ0v) is 12.1. The number of hydrogen-bond acceptors (Lipinski definition) is 6. The van der Waals surface area contributed by atoms with Crippen LogP contribution >= 0.6 is 11.3 Å². The molecule has 0 atom stereocenters. The first-order valence-corrected chi connectivity index (χ1v) is 7.14. The molecule has 7 heteroatoms. The minimum absolute atomic E-state index is 0.0669. The molecule has 1 N–H and O–H groups in total. The molecule has 2 heterocycles. The Bertz CT molecular complexity index is 816. The lowest BCUT2D eigenvalue weighted by Crippen LogP contribution is -2.00. The summed E-state index contributed by atoms with van der Waals surface area (Å²) in [5.74, 6) is 0. The van der Waals surface area contributed by atoms with E-state index in [1.54, 1.807) is 35.7 Å². The first-order valence-electron chi connectivity index (χ1n) is 6.32. The zero-order chi connectivity index (χ0) is 14.8. The van der Waals surface area contributed by atoms with Gasteiger partial charge in [0.25, 0.3) is 5.69 Å². The summed E-state index contributed by atoms with van der Waals surface area (Å²) in [5, 5.41) is 15.9. The number of pyridine rings is 1. The van der Waals surface area contributed by atoms with Crippen LogP contribution in [-0.2, 0) is 6.54 Å². The van der Waals surface area contributed by atoms with E-state index in [1.165, 1.54) is 6.07 Å². The molecular weight excluding hydrogens is 288 g/mol. The van der Waals surface area contributed by atoms with E-state index >= 15 is 0 Å². The predicted octanol–water partition coefficient (Wildman–Crippen LogP) is 3.52. The van der Waals surface area contributed by atoms with Gasteiger partial charge in [-0.3, -0.25) is 15.1 Å². The number of hydrogen-bond donors (Lipinski definition) is 1. The Hall–Kier alpha value is -2.54. The molecular formula is C14H12N4O2S. The van der Waals surface area contributed by atoms with Gasteiger partial charge >= 0.3 is 0 Å². The quantitative estimate of drug-likeness (QED) is 0.589. The van der Waals surface area contributed by atoms with Gasteiger partial charge in [-0.2, -0.15) is 0 Å². The van der Waals surface area contributed by atoms with E-state index in [0.29, 0.717) is 17.4 Å². The second-order valence-corrected chi connectivity index (χ2v) is 5.81. The summed E-state index contributed by atoms with van der Waals surface area (Å²) in [6, 6.07) is 6.61. The average Bonchev–Trinajstić information content (AvgIpc) is 2.90. The molecule has 0 aliphatic carbocycles. The van der Waals surface area contributed by atoms with Gasteiger partial charge in [-0.15, -0.1) is 11.3 Å². The lowest BCUT2D eigenvalue weighted by molar-refractivity contribution is -0.383. The van der Waals surface area contributed by atoms with Crippen molar-refractivity contribution >= 4 is 33.6 Å². The minimum Gasteiger partial charge on any atom is -0.378 e. The Morgan fingerprint density at radius 1 is 1.33 bits per heavy atom. The van der Waals surface area contributed by atoms with Gasteiger partial charge in [0.1, 0.15) is 5.52 Å². The van der Waals surface area contributed by atoms with Crippen LogP contribution in [0.4, 0.5) is 11.4 Å². The number of nitro benzene ring substituents is 1. The van der Waals surface area contributed by atoms with Crippen molar-refractivity contribution in [3.8, 4) is 0 Å². The Kier molecular flexibility index (Phi) is 3.49. The zero-order valence-electron chi connectivity index (χ0n) is 11.2. The predicted molar refractivity (Wildman–Crippen MR) is 82.6 cm³/mol. The summed E-state index contributed by atoms with van der Waals surface area (Å²) in [7, 11) is 0. The van der Waals surface area contributed by atoms with Crippen molar-refractivity contribution in [1.82, 2.24) is 9.97 Å². The maximum Gasteiger partial charge on any atom is 0.278 e. The van der Waals surface area contributed by atoms with E-state index in [2.05, 4.69) is 15.3 Å². The molecule has 6 nitrogen and oxygen atoms in total. The molecule has 0 aliphatic heterocycles. The maximum atomic E-state index is 11.1. The van der Waals surface area contributed by atoms with Crippen molar-refractivity contribution in [3.05, 3.63) is 56.7 Å². The second-order valence-electron chi connectivity index (χ2n) is 4.49. The van der Waals surface area contributed by atoms with Gasteiger partial charge < -0.3 is 5.32 Å². The Morgan fingerprint density at radius 3 is 2.90 bits per heavy atom. The minimum atomic E-state index is -0.389. The molecule has 0 saturated heterocycles. The fraction of sp³-hybridized carbons (Fsp3) is 0.143. The summed E-state index contributed by atoms with van der Waals surface area (Å²) in [6.45, 7) is 2.58. The molecule has 21 heavy (non-hydrogen) atoms. The van der Waals surface area contributed by atoms with Crippen LogP contribution in [0.3, 0.4) is 0 Å². The van der Waals surface area contributed by atoms with Crippen molar-refractivity contribution in [3.63, 3.8) is 0 Å². The Labute approximate surface area is 124 Å². The normalized spacial score (nSPS) is 10.7. The lowest BCUT2D eigenvalue weighted by atomic mass is 10.1. The van der Waals surface area contributed by atoms with Crippen molar-refractivity contribution in [2.75, 3.05) is 5.32 Å². The van der Waals surface area contributed by atoms with Crippen molar-refractivity contribution in [2.24, 2.45) is 0 Å². The summed E-state index contributed by atoms with van der Waals surface area (Å²) >= 11 is 1.62. The van der Waals surface area contributed by atoms with Gasteiger partial charge in [-0.25, -0.2) is 4.98 Å². The standard InChI is InChI=1S/C14H12N4O2S/c1-9-16-7-10(21-9)8-17-12-4-5-13(18(19)20)11-3-2-6-15-14(11)12/h2-7,17H,8H2,1H3. The molecule has 0 unspecified atom stereocenters. The fourth-order valence-electron chi connectivity index (χ4n) is 2.13. The number of nitro groups is 1. The number of nitrogens with one attached hydrogen (secondary N) is 1. The van der Waals surface area contributed by atoms with Crippen LogP contribution in [0.15, 0.2) is 36.7 Å². The monoisotopic (exact) mass is 300 g/mol. The number of benzene rings is 1. The number of aryl methyl sites for hydroxylation is 1. The molecule has 1 aromatic carbocycles. The van der Waals surface area contributed by atoms with Gasteiger partial charge in [-0.1, -0.05) is 0 Å². The first-order chi connectivity index (χ1) is 10.1. The Balaban J connectivity index is 1.96. The highest BCUT2D eigenvalue weighted by Gasteiger charge is 2.14. The molecule has 106 valence electrons. The maximum absolute atomic E-state index is 11.1. The number of nitrogens with zero attached hydrogens (tertiary/aromatic N) is 3. The first kappa shape index (κ1) is 13.4. The number of aromatic nitrogens is 2. The SMILES string of the molecule is Cc1ncc(CNc2ccc([N+](=O)[O-])c3cccnc23)s1. The molecule has 0 aliphatic rings. The molecule has 3 aromatic rings. The third kappa shape index (κ3) is 2.68. The van der Waals surface area contributed by atoms with Crippen molar-refractivity contribution in [1.29, 1.82) is 0 Å². The molecule has 0 amide bonds. The van der Waals surface area contributed by atoms with Gasteiger partial charge in [-0.05, 0) is 25.1 Å². The van der Waals surface area contributed by atoms with E-state index in [4.69, 9.17) is 0 Å². The lowest BCUT2D eigenvalue weighted by Gasteiger charge is -2.08. The summed E-state index contributed by atoms with van der Waals surface area (Å²) in [5.41, 5.74) is 1.45. The largest absolute Gasteiger partial charge is 0.378 e. The molecule has 0 saturated carbocycles. The van der Waals surface area contributed by atoms with E-state index < -0.39 is 0 Å². The number of anilines is 1. The molecule has 0 radical (unpaired) electrons. The van der Waals surface area contributed by atoms with Crippen molar-refractivity contribution < 1.29 is 4.92 Å². The van der Waals surface area contributed by atoms with E-state index in [0.717, 1.165) is 15.6 Å². The highest BCUT2D eigenvalue weighted by Crippen LogP contribution is 2.30. The number of non-ortho nitro benzene ring substituents is 1. The molecule has 2 aromatic heterocycles. The van der Waals surface area contributed by atoms with Crippen LogP contribution in [-0.4, -0.2) is 14.9 Å². The van der Waals surface area contributed by atoms with Gasteiger partial charge in [0, 0.05) is 23.3 Å². The number of rotatable bonds is 4. The van der Waals surface area contributed by atoms with Crippen molar-refractivity contribution in [2.45, 2.75) is 13.5 Å². The topological polar surface area (TPSA) is 81.0 Å². The highest BCUT2D eigenvalue weighted by atomic mass is 32.1. The highest BCUT2D eigenvalue weighted by molar-refractivity contribution is 7.11. The summed E-state index contributed by atoms with van der Waals surface area (Å²) < 4.78 is 0. The second kappa shape index (κ2) is 5.45. The van der Waals surface area contributed by atoms with Crippen LogP contribution in [0.5, 0.6) is 0 Å². The summed E-state index contributed by atoms with van der Waals surface area (Å²) in [4.78, 5) is 20.2. The van der Waals surface area contributed by atoms with Crippen LogP contribution in [0, 0.1) is 17.0 Å². The van der Waals surface area contributed by atoms with E-state index in [1.807, 2.05) is 13.1 Å². The van der Waals surface area contributed by atoms with Crippen LogP contribution in [0.1, 0.15) is 9.88 Å². The molecule has 0 spiro atoms. The molecule has 3 rings (SSSR count). The van der Waals surface area contributed by atoms with E-state index in [9.17, 15) is 10.1 Å². The summed E-state index contributed by atoms with van der Waals surface area (Å²) in [6.07, 6.45) is 3.46. The van der Waals surface area contributed by atoms with Gasteiger partial charge in [0.2, 0.25) is 0 Å². The van der Waals surface area contributed by atoms with Crippen LogP contribution in [0.25, 0.3) is 10.9 Å². The smallest absolute Gasteiger partial charge is 0.278 e. The average molecular weight is 300 g/mol. The number of thiazole rings is 1. The number of fused-ring (bicyclic) bond motifs is 1. The molecule has 0 fully saturated rings. The molecule has 0 bridgehead atoms. The van der Waals surface area contributed by atoms with E-state index in [-0.39, 0.29) is 10.6 Å². The van der Waals surface area contributed by atoms with Gasteiger partial charge in [0.05, 0.1) is 27.5 Å². The van der Waals surface area contributed by atoms with Crippen LogP contribution < -0.4 is 5.32 Å². The Morgan fingerprint density at radius 2 is 2.19 bits per heavy atom. The third-order valence-electron chi connectivity index (χ3n) is 3.07.